The van der Waals surface area contributed by atoms with E-state index in [0.717, 1.165) is 0 Å². The molecule has 0 saturated heterocycles. The monoisotopic (exact) mass is 404 g/mol. The molecule has 0 aliphatic rings. The maximum atomic E-state index is 12.7. The summed E-state index contributed by atoms with van der Waals surface area (Å²) in [5.74, 6) is -0.860. The first kappa shape index (κ1) is 18.5. The van der Waals surface area contributed by atoms with Crippen LogP contribution in [0.15, 0.2) is 55.1 Å². The number of para-hydroxylation sites is 1. The van der Waals surface area contributed by atoms with Crippen LogP contribution >= 0.6 is 0 Å². The molecule has 4 rings (SSSR count). The highest BCUT2D eigenvalue weighted by atomic mass is 16.6. The minimum atomic E-state index is -0.707. The number of nitrogens with zero attached hydrogens (tertiary/aromatic N) is 9. The topological polar surface area (TPSA) is 162 Å². The Morgan fingerprint density at radius 1 is 1.20 bits per heavy atom. The van der Waals surface area contributed by atoms with Crippen molar-refractivity contribution in [1.82, 2.24) is 34.3 Å². The third-order valence-electron chi connectivity index (χ3n) is 3.97. The number of hydrogen-bond acceptors (Lipinski definition) is 8. The van der Waals surface area contributed by atoms with Gasteiger partial charge in [-0.25, -0.2) is 9.36 Å². The second-order valence-corrected chi connectivity index (χ2v) is 5.94. The van der Waals surface area contributed by atoms with Crippen LogP contribution in [-0.4, -0.2) is 45.2 Å². The SMILES string of the molecule is N#Cc1cnn(-c2ccccc2)c1NC(=O)c1ccn(Cn2cnc([N+](=O)[O-])n2)n1. The molecule has 148 valence electrons. The number of hydrogen-bond donors (Lipinski definition) is 1. The van der Waals surface area contributed by atoms with Crippen LogP contribution in [0.25, 0.3) is 5.69 Å². The maximum Gasteiger partial charge on any atom is 0.491 e. The number of anilines is 1. The molecule has 13 nitrogen and oxygen atoms in total. The molecule has 3 heterocycles. The summed E-state index contributed by atoms with van der Waals surface area (Å²) in [6.07, 6.45) is 4.07. The van der Waals surface area contributed by atoms with Gasteiger partial charge in [0.2, 0.25) is 6.33 Å². The molecule has 0 unspecified atom stereocenters. The van der Waals surface area contributed by atoms with E-state index in [1.807, 2.05) is 24.3 Å². The molecule has 1 amide bonds. The minimum absolute atomic E-state index is 0.0273. The molecular formula is C17H12N10O3. The minimum Gasteiger partial charge on any atom is -0.390 e. The van der Waals surface area contributed by atoms with Crippen LogP contribution in [0.4, 0.5) is 11.8 Å². The fourth-order valence-corrected chi connectivity index (χ4v) is 2.63. The van der Waals surface area contributed by atoms with E-state index >= 15 is 0 Å². The van der Waals surface area contributed by atoms with Crippen molar-refractivity contribution in [2.45, 2.75) is 6.67 Å². The van der Waals surface area contributed by atoms with Crippen LogP contribution in [0.1, 0.15) is 16.1 Å². The van der Waals surface area contributed by atoms with Crippen molar-refractivity contribution in [2.75, 3.05) is 5.32 Å². The van der Waals surface area contributed by atoms with Gasteiger partial charge < -0.3 is 15.4 Å². The zero-order valence-corrected chi connectivity index (χ0v) is 15.2. The summed E-state index contributed by atoms with van der Waals surface area (Å²) in [5.41, 5.74) is 0.948. The summed E-state index contributed by atoms with van der Waals surface area (Å²) in [6, 6.07) is 12.5. The summed E-state index contributed by atoms with van der Waals surface area (Å²) in [4.78, 5) is 26.2. The first-order valence-electron chi connectivity index (χ1n) is 8.47. The smallest absolute Gasteiger partial charge is 0.390 e. The summed E-state index contributed by atoms with van der Waals surface area (Å²) in [7, 11) is 0. The molecule has 0 aliphatic heterocycles. The van der Waals surface area contributed by atoms with Gasteiger partial charge in [0, 0.05) is 11.3 Å². The van der Waals surface area contributed by atoms with Gasteiger partial charge in [0.1, 0.15) is 11.6 Å². The lowest BCUT2D eigenvalue weighted by Crippen LogP contribution is -2.17. The lowest BCUT2D eigenvalue weighted by atomic mass is 10.3. The van der Waals surface area contributed by atoms with Crippen molar-refractivity contribution >= 4 is 17.7 Å². The van der Waals surface area contributed by atoms with Crippen LogP contribution in [0, 0.1) is 21.4 Å². The Hall–Kier alpha value is -4.86. The molecule has 0 saturated carbocycles. The van der Waals surface area contributed by atoms with Gasteiger partial charge in [-0.3, -0.25) is 4.79 Å². The molecule has 4 aromatic rings. The molecule has 1 aromatic carbocycles. The molecule has 0 spiro atoms. The predicted molar refractivity (Wildman–Crippen MR) is 101 cm³/mol. The number of benzene rings is 1. The average molecular weight is 404 g/mol. The molecule has 13 heteroatoms. The first-order chi connectivity index (χ1) is 14.5. The van der Waals surface area contributed by atoms with E-state index in [-0.39, 0.29) is 23.7 Å². The van der Waals surface area contributed by atoms with Crippen LogP contribution in [0.5, 0.6) is 0 Å². The number of amides is 1. The highest BCUT2D eigenvalue weighted by molar-refractivity contribution is 6.03. The Labute approximate surface area is 167 Å². The number of rotatable bonds is 6. The Kier molecular flexibility index (Phi) is 4.71. The van der Waals surface area contributed by atoms with Crippen molar-refractivity contribution in [3.05, 3.63) is 76.5 Å². The van der Waals surface area contributed by atoms with Crippen molar-refractivity contribution in [3.63, 3.8) is 0 Å². The summed E-state index contributed by atoms with van der Waals surface area (Å²) >= 11 is 0. The lowest BCUT2D eigenvalue weighted by Gasteiger charge is -2.08. The number of nitrogens with one attached hydrogen (secondary N) is 1. The fourth-order valence-electron chi connectivity index (χ4n) is 2.63. The molecule has 0 fully saturated rings. The number of nitro groups is 1. The number of carbonyl (C=O) groups is 1. The Morgan fingerprint density at radius 3 is 2.70 bits per heavy atom. The first-order valence-corrected chi connectivity index (χ1v) is 8.47. The lowest BCUT2D eigenvalue weighted by molar-refractivity contribution is -0.394. The van der Waals surface area contributed by atoms with Gasteiger partial charge in [0.05, 0.1) is 11.9 Å². The molecule has 30 heavy (non-hydrogen) atoms. The van der Waals surface area contributed by atoms with Gasteiger partial charge in [0.15, 0.2) is 18.2 Å². The average Bonchev–Trinajstić information content (AvgIpc) is 3.49. The molecule has 0 aliphatic carbocycles. The second kappa shape index (κ2) is 7.64. The Balaban J connectivity index is 1.53. The molecule has 3 aromatic heterocycles. The van der Waals surface area contributed by atoms with E-state index in [1.54, 1.807) is 12.1 Å². The highest BCUT2D eigenvalue weighted by Crippen LogP contribution is 2.20. The van der Waals surface area contributed by atoms with Crippen molar-refractivity contribution in [1.29, 1.82) is 5.26 Å². The Bertz CT molecular complexity index is 1260. The van der Waals surface area contributed by atoms with Gasteiger partial charge in [0.25, 0.3) is 5.91 Å². The third kappa shape index (κ3) is 3.60. The van der Waals surface area contributed by atoms with E-state index in [4.69, 9.17) is 0 Å². The van der Waals surface area contributed by atoms with Crippen LogP contribution in [0.3, 0.4) is 0 Å². The standard InChI is InChI=1S/C17H12N10O3/c18-8-12-9-20-26(13-4-2-1-3-5-13)15(12)21-16(28)14-6-7-24(22-14)11-25-10-19-17(23-25)27(29)30/h1-7,9-10H,11H2,(H,21,28). The second-order valence-electron chi connectivity index (χ2n) is 5.94. The van der Waals surface area contributed by atoms with Gasteiger partial charge >= 0.3 is 5.95 Å². The predicted octanol–water partition coefficient (Wildman–Crippen LogP) is 1.20. The van der Waals surface area contributed by atoms with Gasteiger partial charge in [-0.2, -0.15) is 20.1 Å². The number of nitriles is 1. The van der Waals surface area contributed by atoms with E-state index in [9.17, 15) is 20.2 Å². The van der Waals surface area contributed by atoms with Crippen LogP contribution in [0.2, 0.25) is 0 Å². The van der Waals surface area contributed by atoms with Crippen molar-refractivity contribution < 1.29 is 9.72 Å². The van der Waals surface area contributed by atoms with Gasteiger partial charge in [-0.1, -0.05) is 23.2 Å². The van der Waals surface area contributed by atoms with Gasteiger partial charge in [-0.05, 0) is 23.1 Å². The largest absolute Gasteiger partial charge is 0.491 e. The normalized spacial score (nSPS) is 10.5. The summed E-state index contributed by atoms with van der Waals surface area (Å²) in [6.45, 7) is 0.0273. The van der Waals surface area contributed by atoms with E-state index in [0.29, 0.717) is 5.69 Å². The summed E-state index contributed by atoms with van der Waals surface area (Å²) in [5, 5.41) is 34.6. The molecular weight excluding hydrogens is 392 g/mol. The quantitative estimate of drug-likeness (QED) is 0.370. The molecule has 1 N–H and O–H groups in total. The zero-order chi connectivity index (χ0) is 21.1. The maximum absolute atomic E-state index is 12.7. The van der Waals surface area contributed by atoms with Gasteiger partial charge in [-0.15, -0.1) is 0 Å². The fraction of sp³-hybridized carbons (Fsp3) is 0.0588. The highest BCUT2D eigenvalue weighted by Gasteiger charge is 2.18. The molecule has 0 bridgehead atoms. The van der Waals surface area contributed by atoms with Crippen molar-refractivity contribution in [3.8, 4) is 11.8 Å². The van der Waals surface area contributed by atoms with Crippen LogP contribution in [-0.2, 0) is 6.67 Å². The molecule has 0 radical (unpaired) electrons. The van der Waals surface area contributed by atoms with E-state index < -0.39 is 16.8 Å². The third-order valence-corrected chi connectivity index (χ3v) is 3.97. The molecule has 0 atom stereocenters. The van der Waals surface area contributed by atoms with E-state index in [2.05, 4.69) is 25.6 Å². The van der Waals surface area contributed by atoms with Crippen LogP contribution < -0.4 is 5.32 Å². The van der Waals surface area contributed by atoms with E-state index in [1.165, 1.54) is 38.8 Å². The number of aromatic nitrogens is 7. The Morgan fingerprint density at radius 2 is 2.00 bits per heavy atom. The zero-order valence-electron chi connectivity index (χ0n) is 15.2. The van der Waals surface area contributed by atoms with Crippen molar-refractivity contribution in [2.24, 2.45) is 0 Å². The number of carbonyl (C=O) groups excluding carboxylic acids is 1. The summed E-state index contributed by atoms with van der Waals surface area (Å²) < 4.78 is 4.03.